The summed E-state index contributed by atoms with van der Waals surface area (Å²) in [4.78, 5) is 0. The third-order valence-electron chi connectivity index (χ3n) is 4.01. The van der Waals surface area contributed by atoms with Gasteiger partial charge in [0.05, 0.1) is 10.0 Å². The molecule has 0 aliphatic rings. The van der Waals surface area contributed by atoms with Crippen LogP contribution in [-0.2, 0) is 13.2 Å². The molecule has 1 N–H and O–H groups in total. The fourth-order valence-electron chi connectivity index (χ4n) is 2.62. The maximum absolute atomic E-state index is 6.39. The van der Waals surface area contributed by atoms with Crippen molar-refractivity contribution >= 4 is 52.1 Å². The van der Waals surface area contributed by atoms with Crippen molar-refractivity contribution in [2.24, 2.45) is 0 Å². The average Bonchev–Trinajstić information content (AvgIpc) is 2.62. The van der Waals surface area contributed by atoms with E-state index in [9.17, 15) is 0 Å². The molecule has 3 aromatic carbocycles. The van der Waals surface area contributed by atoms with Crippen LogP contribution in [0.5, 0.6) is 5.75 Å². The van der Waals surface area contributed by atoms with Crippen molar-refractivity contribution < 1.29 is 4.74 Å². The fourth-order valence-corrected chi connectivity index (χ4v) is 3.64. The first-order valence-electron chi connectivity index (χ1n) is 8.27. The van der Waals surface area contributed by atoms with Crippen LogP contribution in [0.25, 0.3) is 0 Å². The average molecular weight is 441 g/mol. The van der Waals surface area contributed by atoms with Gasteiger partial charge in [-0.05, 0) is 60.0 Å². The van der Waals surface area contributed by atoms with Gasteiger partial charge in [-0.1, -0.05) is 64.6 Å². The van der Waals surface area contributed by atoms with Gasteiger partial charge in [-0.3, -0.25) is 0 Å². The van der Waals surface area contributed by atoms with E-state index >= 15 is 0 Å². The normalized spacial score (nSPS) is 10.7. The molecule has 0 atom stereocenters. The smallest absolute Gasteiger partial charge is 0.156 e. The van der Waals surface area contributed by atoms with E-state index in [1.807, 2.05) is 61.5 Å². The number of hydrogen-bond acceptors (Lipinski definition) is 2. The van der Waals surface area contributed by atoms with Crippen LogP contribution in [0.2, 0.25) is 20.1 Å². The second-order valence-corrected chi connectivity index (χ2v) is 7.81. The molecule has 0 bridgehead atoms. The number of ether oxygens (including phenoxy) is 1. The molecule has 6 heteroatoms. The van der Waals surface area contributed by atoms with Gasteiger partial charge in [-0.15, -0.1) is 0 Å². The first-order valence-corrected chi connectivity index (χ1v) is 9.79. The molecule has 3 rings (SSSR count). The first kappa shape index (κ1) is 20.2. The van der Waals surface area contributed by atoms with Crippen molar-refractivity contribution in [3.8, 4) is 5.75 Å². The summed E-state index contributed by atoms with van der Waals surface area (Å²) in [6.07, 6.45) is 0. The van der Waals surface area contributed by atoms with Gasteiger partial charge in [-0.25, -0.2) is 0 Å². The standard InChI is InChI=1S/C21H17Cl4NO/c1-13-5-6-17(23)10-20(13)26-11-15-8-18(24)21(19(25)9-15)27-12-14-3-2-4-16(22)7-14/h2-10,26H,11-12H2,1H3. The Kier molecular flexibility index (Phi) is 6.78. The molecule has 0 amide bonds. The molecular weight excluding hydrogens is 424 g/mol. The number of nitrogens with one attached hydrogen (secondary N) is 1. The summed E-state index contributed by atoms with van der Waals surface area (Å²) < 4.78 is 5.80. The van der Waals surface area contributed by atoms with Gasteiger partial charge in [0.15, 0.2) is 5.75 Å². The van der Waals surface area contributed by atoms with Crippen molar-refractivity contribution in [2.45, 2.75) is 20.1 Å². The molecule has 0 aliphatic heterocycles. The van der Waals surface area contributed by atoms with Crippen molar-refractivity contribution in [1.82, 2.24) is 0 Å². The predicted molar refractivity (Wildman–Crippen MR) is 116 cm³/mol. The van der Waals surface area contributed by atoms with E-state index in [0.717, 1.165) is 22.4 Å². The van der Waals surface area contributed by atoms with E-state index in [-0.39, 0.29) is 0 Å². The van der Waals surface area contributed by atoms with Gasteiger partial charge >= 0.3 is 0 Å². The van der Waals surface area contributed by atoms with E-state index in [1.165, 1.54) is 0 Å². The lowest BCUT2D eigenvalue weighted by molar-refractivity contribution is 0.306. The lowest BCUT2D eigenvalue weighted by Gasteiger charge is -2.14. The molecule has 140 valence electrons. The molecule has 3 aromatic rings. The maximum atomic E-state index is 6.39. The molecular formula is C21H17Cl4NO. The van der Waals surface area contributed by atoms with Gasteiger partial charge in [0.2, 0.25) is 0 Å². The van der Waals surface area contributed by atoms with Gasteiger partial charge in [0, 0.05) is 22.3 Å². The van der Waals surface area contributed by atoms with Gasteiger partial charge in [-0.2, -0.15) is 0 Å². The van der Waals surface area contributed by atoms with Crippen molar-refractivity contribution in [1.29, 1.82) is 0 Å². The fraction of sp³-hybridized carbons (Fsp3) is 0.143. The Morgan fingerprint density at radius 3 is 2.22 bits per heavy atom. The lowest BCUT2D eigenvalue weighted by Crippen LogP contribution is -2.02. The van der Waals surface area contributed by atoms with E-state index in [2.05, 4.69) is 5.32 Å². The third-order valence-corrected chi connectivity index (χ3v) is 5.04. The monoisotopic (exact) mass is 439 g/mol. The summed E-state index contributed by atoms with van der Waals surface area (Å²) in [5.41, 5.74) is 3.96. The van der Waals surface area contributed by atoms with Crippen molar-refractivity contribution in [3.05, 3.63) is 91.4 Å². The summed E-state index contributed by atoms with van der Waals surface area (Å²) in [5, 5.41) is 5.62. The molecule has 0 heterocycles. The number of benzene rings is 3. The Morgan fingerprint density at radius 2 is 1.52 bits per heavy atom. The molecule has 0 fully saturated rings. The molecule has 0 spiro atoms. The highest BCUT2D eigenvalue weighted by molar-refractivity contribution is 6.37. The zero-order chi connectivity index (χ0) is 19.4. The summed E-state index contributed by atoms with van der Waals surface area (Å²) in [6, 6.07) is 16.9. The molecule has 0 unspecified atom stereocenters. The van der Waals surface area contributed by atoms with E-state index in [4.69, 9.17) is 51.1 Å². The van der Waals surface area contributed by atoms with Crippen LogP contribution in [-0.4, -0.2) is 0 Å². The molecule has 0 aliphatic carbocycles. The summed E-state index contributed by atoms with van der Waals surface area (Å²) in [6.45, 7) is 2.92. The molecule has 0 saturated carbocycles. The third kappa shape index (κ3) is 5.46. The lowest BCUT2D eigenvalue weighted by atomic mass is 10.1. The number of hydrogen-bond donors (Lipinski definition) is 1. The minimum Gasteiger partial charge on any atom is -0.486 e. The second kappa shape index (κ2) is 9.07. The quantitative estimate of drug-likeness (QED) is 0.422. The molecule has 0 radical (unpaired) electrons. The van der Waals surface area contributed by atoms with E-state index < -0.39 is 0 Å². The largest absolute Gasteiger partial charge is 0.486 e. The van der Waals surface area contributed by atoms with Crippen LogP contribution in [0.3, 0.4) is 0 Å². The highest BCUT2D eigenvalue weighted by Crippen LogP contribution is 2.35. The number of anilines is 1. The SMILES string of the molecule is Cc1ccc(Cl)cc1NCc1cc(Cl)c(OCc2cccc(Cl)c2)c(Cl)c1. The highest BCUT2D eigenvalue weighted by Gasteiger charge is 2.11. The number of aryl methyl sites for hydroxylation is 1. The van der Waals surface area contributed by atoms with Crippen LogP contribution >= 0.6 is 46.4 Å². The molecule has 2 nitrogen and oxygen atoms in total. The van der Waals surface area contributed by atoms with Gasteiger partial charge in [0.25, 0.3) is 0 Å². The van der Waals surface area contributed by atoms with Crippen LogP contribution in [0, 0.1) is 6.92 Å². The topological polar surface area (TPSA) is 21.3 Å². The van der Waals surface area contributed by atoms with E-state index in [0.29, 0.717) is 39.0 Å². The second-order valence-electron chi connectivity index (χ2n) is 6.12. The summed E-state index contributed by atoms with van der Waals surface area (Å²) in [5.74, 6) is 0.459. The minimum atomic E-state index is 0.333. The van der Waals surface area contributed by atoms with Crippen molar-refractivity contribution in [2.75, 3.05) is 5.32 Å². The van der Waals surface area contributed by atoms with Crippen molar-refractivity contribution in [3.63, 3.8) is 0 Å². The predicted octanol–water partition coefficient (Wildman–Crippen LogP) is 7.80. The van der Waals surface area contributed by atoms with Crippen LogP contribution in [0.4, 0.5) is 5.69 Å². The Labute approximate surface area is 179 Å². The number of halogens is 4. The molecule has 0 saturated heterocycles. The Morgan fingerprint density at radius 1 is 0.815 bits per heavy atom. The Balaban J connectivity index is 1.69. The minimum absolute atomic E-state index is 0.333. The summed E-state index contributed by atoms with van der Waals surface area (Å²) in [7, 11) is 0. The van der Waals surface area contributed by atoms with Crippen LogP contribution in [0.15, 0.2) is 54.6 Å². The molecule has 0 aromatic heterocycles. The first-order chi connectivity index (χ1) is 12.9. The Bertz CT molecular complexity index is 936. The maximum Gasteiger partial charge on any atom is 0.156 e. The van der Waals surface area contributed by atoms with E-state index in [1.54, 1.807) is 0 Å². The Hall–Kier alpha value is -1.58. The summed E-state index contributed by atoms with van der Waals surface area (Å²) >= 11 is 24.8. The van der Waals surface area contributed by atoms with Gasteiger partial charge in [0.1, 0.15) is 6.61 Å². The highest BCUT2D eigenvalue weighted by atomic mass is 35.5. The van der Waals surface area contributed by atoms with Crippen LogP contribution < -0.4 is 10.1 Å². The zero-order valence-corrected chi connectivity index (χ0v) is 17.6. The zero-order valence-electron chi connectivity index (χ0n) is 14.5. The van der Waals surface area contributed by atoms with Crippen LogP contribution in [0.1, 0.15) is 16.7 Å². The van der Waals surface area contributed by atoms with Gasteiger partial charge < -0.3 is 10.1 Å². The molecule has 27 heavy (non-hydrogen) atoms. The number of rotatable bonds is 6.